The van der Waals surface area contributed by atoms with Gasteiger partial charge < -0.3 is 10.1 Å². The molecule has 1 aromatic carbocycles. The number of ether oxygens (including phenoxy) is 1. The summed E-state index contributed by atoms with van der Waals surface area (Å²) in [6, 6.07) is 0.718. The average Bonchev–Trinajstić information content (AvgIpc) is 3.23. The zero-order valence-corrected chi connectivity index (χ0v) is 16.6. The number of urea groups is 1. The first-order valence-electron chi connectivity index (χ1n) is 9.82. The molecule has 3 aliphatic rings. The zero-order chi connectivity index (χ0) is 20.2. The normalized spacial score (nSPS) is 19.7. The molecule has 0 unspecified atom stereocenters. The van der Waals surface area contributed by atoms with Crippen LogP contribution in [0.2, 0.25) is 0 Å². The summed E-state index contributed by atoms with van der Waals surface area (Å²) in [5, 5.41) is 12.8. The Bertz CT molecular complexity index is 1130. The van der Waals surface area contributed by atoms with Crippen LogP contribution in [0.25, 0.3) is 0 Å². The van der Waals surface area contributed by atoms with E-state index < -0.39 is 15.9 Å². The Kier molecular flexibility index (Phi) is 4.36. The van der Waals surface area contributed by atoms with Gasteiger partial charge in [-0.25, -0.2) is 23.2 Å². The minimum Gasteiger partial charge on any atom is -0.477 e. The highest BCUT2D eigenvalue weighted by atomic mass is 32.2. The van der Waals surface area contributed by atoms with Gasteiger partial charge >= 0.3 is 6.03 Å². The largest absolute Gasteiger partial charge is 0.477 e. The van der Waals surface area contributed by atoms with Crippen LogP contribution >= 0.6 is 0 Å². The van der Waals surface area contributed by atoms with Gasteiger partial charge in [-0.3, -0.25) is 0 Å². The molecular formula is C19H22FN5O3S. The third-order valence-corrected chi connectivity index (χ3v) is 7.02. The second-order valence-corrected chi connectivity index (χ2v) is 9.50. The Morgan fingerprint density at radius 3 is 2.93 bits per heavy atom. The third-order valence-electron chi connectivity index (χ3n) is 5.67. The number of fused-ring (bicyclic) bond motifs is 2. The summed E-state index contributed by atoms with van der Waals surface area (Å²) in [4.78, 5) is 12.8. The summed E-state index contributed by atoms with van der Waals surface area (Å²) in [5.74, 6) is 0.325. The third kappa shape index (κ3) is 3.29. The maximum absolute atomic E-state index is 14.4. The molecule has 0 spiro atoms. The Morgan fingerprint density at radius 1 is 1.34 bits per heavy atom. The van der Waals surface area contributed by atoms with E-state index in [1.807, 2.05) is 0 Å². The molecule has 0 saturated heterocycles. The highest BCUT2D eigenvalue weighted by molar-refractivity contribution is 7.91. The lowest BCUT2D eigenvalue weighted by atomic mass is 9.99. The van der Waals surface area contributed by atoms with Crippen LogP contribution in [0.3, 0.4) is 0 Å². The number of nitrogens with two attached hydrogens (primary N) is 1. The molecule has 0 bridgehead atoms. The topological polar surface area (TPSA) is 112 Å². The molecule has 2 aromatic rings. The molecule has 1 aromatic heterocycles. The number of halogens is 1. The predicted molar refractivity (Wildman–Crippen MR) is 105 cm³/mol. The molecule has 1 fully saturated rings. The lowest BCUT2D eigenvalue weighted by molar-refractivity contribution is 0.224. The lowest BCUT2D eigenvalue weighted by Crippen LogP contribution is -2.21. The second kappa shape index (κ2) is 6.81. The van der Waals surface area contributed by atoms with Gasteiger partial charge in [-0.1, -0.05) is 0 Å². The number of hydrogen-bond acceptors (Lipinski definition) is 4. The van der Waals surface area contributed by atoms with E-state index in [1.54, 1.807) is 4.68 Å². The molecule has 1 saturated carbocycles. The van der Waals surface area contributed by atoms with Crippen molar-refractivity contribution < 1.29 is 18.1 Å². The smallest absolute Gasteiger partial charge is 0.354 e. The van der Waals surface area contributed by atoms with E-state index in [9.17, 15) is 13.4 Å². The van der Waals surface area contributed by atoms with E-state index in [0.717, 1.165) is 36.8 Å². The molecule has 3 N–H and O–H groups in total. The van der Waals surface area contributed by atoms with Crippen molar-refractivity contribution in [1.82, 2.24) is 9.78 Å². The molecular weight excluding hydrogens is 397 g/mol. The highest BCUT2D eigenvalue weighted by Gasteiger charge is 2.32. The molecule has 2 heterocycles. The quantitative estimate of drug-likeness (QED) is 0.796. The highest BCUT2D eigenvalue weighted by Crippen LogP contribution is 2.47. The Labute approximate surface area is 167 Å². The van der Waals surface area contributed by atoms with E-state index >= 15 is 0 Å². The maximum Gasteiger partial charge on any atom is 0.354 e. The summed E-state index contributed by atoms with van der Waals surface area (Å²) >= 11 is 0. The van der Waals surface area contributed by atoms with E-state index in [2.05, 4.69) is 14.8 Å². The first kappa shape index (κ1) is 18.6. The predicted octanol–water partition coefficient (Wildman–Crippen LogP) is 3.10. The van der Waals surface area contributed by atoms with Crippen LogP contribution in [-0.2, 0) is 29.3 Å². The van der Waals surface area contributed by atoms with Gasteiger partial charge in [-0.15, -0.1) is 4.36 Å². The Hall–Kier alpha value is -2.46. The number of aryl methyl sites for hydroxylation is 1. The lowest BCUT2D eigenvalue weighted by Gasteiger charge is -2.17. The number of hydrogen-bond donors (Lipinski definition) is 2. The van der Waals surface area contributed by atoms with Crippen molar-refractivity contribution in [2.24, 2.45) is 9.50 Å². The van der Waals surface area contributed by atoms with Crippen molar-refractivity contribution in [2.45, 2.75) is 55.9 Å². The Balaban J connectivity index is 1.49. The van der Waals surface area contributed by atoms with Crippen LogP contribution in [0, 0.1) is 5.82 Å². The van der Waals surface area contributed by atoms with Gasteiger partial charge in [-0.05, 0) is 60.8 Å². The summed E-state index contributed by atoms with van der Waals surface area (Å²) < 4.78 is 38.3. The molecule has 154 valence electrons. The average molecular weight is 419 g/mol. The van der Waals surface area contributed by atoms with Gasteiger partial charge in [-0.2, -0.15) is 5.10 Å². The first-order chi connectivity index (χ1) is 13.9. The second-order valence-electron chi connectivity index (χ2n) is 7.74. The molecule has 0 radical (unpaired) electrons. The van der Waals surface area contributed by atoms with Crippen molar-refractivity contribution in [1.29, 1.82) is 0 Å². The summed E-state index contributed by atoms with van der Waals surface area (Å²) in [6.45, 7) is 1.09. The fourth-order valence-electron chi connectivity index (χ4n) is 4.16. The van der Waals surface area contributed by atoms with Gasteiger partial charge in [0.1, 0.15) is 10.7 Å². The molecule has 1 atom stereocenters. The first-order valence-corrected chi connectivity index (χ1v) is 11.4. The van der Waals surface area contributed by atoms with Gasteiger partial charge in [0.05, 0.1) is 12.8 Å². The van der Waals surface area contributed by atoms with Crippen LogP contribution < -0.4 is 15.2 Å². The number of anilines is 1. The molecule has 2 amide bonds. The maximum atomic E-state index is 14.4. The molecule has 8 nitrogen and oxygen atoms in total. The number of carbonyl (C=O) groups is 1. The molecule has 1 aliphatic heterocycles. The van der Waals surface area contributed by atoms with Crippen molar-refractivity contribution in [3.8, 4) is 5.88 Å². The van der Waals surface area contributed by atoms with Crippen LogP contribution in [0.1, 0.15) is 48.3 Å². The molecule has 29 heavy (non-hydrogen) atoms. The fourth-order valence-corrected chi connectivity index (χ4v) is 5.17. The molecule has 10 heteroatoms. The number of aromatic nitrogens is 2. The number of nitrogens with zero attached hydrogens (tertiary/aromatic N) is 3. The van der Waals surface area contributed by atoms with E-state index in [-0.39, 0.29) is 16.6 Å². The summed E-state index contributed by atoms with van der Waals surface area (Å²) in [5.41, 5.74) is 2.88. The van der Waals surface area contributed by atoms with Crippen LogP contribution in [0.5, 0.6) is 5.88 Å². The summed E-state index contributed by atoms with van der Waals surface area (Å²) in [6.07, 6.45) is 6.25. The van der Waals surface area contributed by atoms with Crippen molar-refractivity contribution in [3.63, 3.8) is 0 Å². The number of carbonyl (C=O) groups excluding carboxylic acids is 1. The van der Waals surface area contributed by atoms with Gasteiger partial charge in [0.2, 0.25) is 5.88 Å². The van der Waals surface area contributed by atoms with Crippen LogP contribution in [0.4, 0.5) is 14.9 Å². The monoisotopic (exact) mass is 419 g/mol. The van der Waals surface area contributed by atoms with Gasteiger partial charge in [0.15, 0.2) is 9.92 Å². The fraction of sp³-hybridized carbons (Fsp3) is 0.474. The van der Waals surface area contributed by atoms with E-state index in [1.165, 1.54) is 12.3 Å². The number of amides is 2. The minimum atomic E-state index is -3.54. The van der Waals surface area contributed by atoms with Crippen LogP contribution in [-0.4, -0.2) is 26.6 Å². The SMILES string of the molecule is N[S@@](=O)(=NC(=O)Nc1c(C2CC2)cc(F)c2c1CCC2)c1cnn2c1OCCC2. The minimum absolute atomic E-state index is 0.110. The standard InChI is InChI=1S/C19H22FN5O3S/c20-15-9-14(11-5-6-11)17(13-4-1-3-12(13)15)23-19(26)24-29(21,27)16-10-22-25-7-2-8-28-18(16)25/h9-11H,1-8H2,(H3,21,23,24,26,27)/t29-/m1/s1. The van der Waals surface area contributed by atoms with Crippen molar-refractivity contribution >= 4 is 21.6 Å². The number of rotatable bonds is 3. The van der Waals surface area contributed by atoms with Gasteiger partial charge in [0.25, 0.3) is 0 Å². The van der Waals surface area contributed by atoms with Crippen molar-refractivity contribution in [2.75, 3.05) is 11.9 Å². The molecule has 5 rings (SSSR count). The van der Waals surface area contributed by atoms with E-state index in [4.69, 9.17) is 9.88 Å². The molecule has 2 aliphatic carbocycles. The number of benzene rings is 1. The van der Waals surface area contributed by atoms with Gasteiger partial charge in [0, 0.05) is 18.7 Å². The Morgan fingerprint density at radius 2 is 2.14 bits per heavy atom. The zero-order valence-electron chi connectivity index (χ0n) is 15.8. The van der Waals surface area contributed by atoms with E-state index in [0.29, 0.717) is 43.1 Å². The number of nitrogens with one attached hydrogen (secondary N) is 1. The van der Waals surface area contributed by atoms with Crippen LogP contribution in [0.15, 0.2) is 21.5 Å². The summed E-state index contributed by atoms with van der Waals surface area (Å²) in [7, 11) is -3.54. The van der Waals surface area contributed by atoms with Crippen molar-refractivity contribution in [3.05, 3.63) is 34.8 Å².